The van der Waals surface area contributed by atoms with Gasteiger partial charge in [-0.3, -0.25) is 0 Å². The van der Waals surface area contributed by atoms with Gasteiger partial charge >= 0.3 is 0 Å². The smallest absolute Gasteiger partial charge is 0.0153 e. The van der Waals surface area contributed by atoms with Gasteiger partial charge in [-0.1, -0.05) is 19.8 Å². The highest BCUT2D eigenvalue weighted by Crippen LogP contribution is 2.33. The van der Waals surface area contributed by atoms with Gasteiger partial charge in [-0.05, 0) is 57.4 Å². The number of nitrogens with one attached hydrogen (secondary N) is 1. The summed E-state index contributed by atoms with van der Waals surface area (Å²) in [7, 11) is 0. The summed E-state index contributed by atoms with van der Waals surface area (Å²) < 4.78 is 0. The summed E-state index contributed by atoms with van der Waals surface area (Å²) in [5, 5.41) is 3.78. The Kier molecular flexibility index (Phi) is 3.16. The van der Waals surface area contributed by atoms with E-state index in [9.17, 15) is 0 Å². The SMILES string of the molecule is CC1CCC(CNC2(C)CCC2)CC1. The molecule has 2 saturated carbocycles. The Balaban J connectivity index is 1.65. The van der Waals surface area contributed by atoms with Crippen molar-refractivity contribution in [1.82, 2.24) is 5.32 Å². The first-order valence-electron chi connectivity index (χ1n) is 6.43. The standard InChI is InChI=1S/C13H25N/c1-11-4-6-12(7-5-11)10-14-13(2)8-3-9-13/h11-12,14H,3-10H2,1-2H3. The monoisotopic (exact) mass is 195 g/mol. The Hall–Kier alpha value is -0.0400. The van der Waals surface area contributed by atoms with Crippen LogP contribution in [-0.2, 0) is 0 Å². The second-order valence-electron chi connectivity index (χ2n) is 5.92. The average molecular weight is 195 g/mol. The Morgan fingerprint density at radius 1 is 1.14 bits per heavy atom. The van der Waals surface area contributed by atoms with Gasteiger partial charge in [0.2, 0.25) is 0 Å². The fourth-order valence-electron chi connectivity index (χ4n) is 2.81. The van der Waals surface area contributed by atoms with Gasteiger partial charge in [0, 0.05) is 5.54 Å². The zero-order chi connectivity index (χ0) is 10.0. The lowest BCUT2D eigenvalue weighted by Crippen LogP contribution is -2.50. The van der Waals surface area contributed by atoms with Gasteiger partial charge in [-0.25, -0.2) is 0 Å². The molecule has 1 nitrogen and oxygen atoms in total. The maximum atomic E-state index is 3.78. The van der Waals surface area contributed by atoms with E-state index in [1.54, 1.807) is 0 Å². The molecule has 0 saturated heterocycles. The first-order chi connectivity index (χ1) is 6.68. The maximum absolute atomic E-state index is 3.78. The molecule has 0 bridgehead atoms. The van der Waals surface area contributed by atoms with Crippen molar-refractivity contribution in [3.8, 4) is 0 Å². The molecule has 0 heterocycles. The lowest BCUT2D eigenvalue weighted by molar-refractivity contribution is 0.181. The summed E-state index contributed by atoms with van der Waals surface area (Å²) >= 11 is 0. The van der Waals surface area contributed by atoms with Gasteiger partial charge in [0.05, 0.1) is 0 Å². The van der Waals surface area contributed by atoms with Crippen LogP contribution in [-0.4, -0.2) is 12.1 Å². The molecule has 0 aromatic rings. The third-order valence-corrected chi connectivity index (χ3v) is 4.41. The molecule has 0 spiro atoms. The van der Waals surface area contributed by atoms with Crippen molar-refractivity contribution in [2.45, 2.75) is 64.3 Å². The minimum atomic E-state index is 0.517. The van der Waals surface area contributed by atoms with Crippen molar-refractivity contribution in [1.29, 1.82) is 0 Å². The van der Waals surface area contributed by atoms with E-state index < -0.39 is 0 Å². The van der Waals surface area contributed by atoms with E-state index in [0.29, 0.717) is 5.54 Å². The van der Waals surface area contributed by atoms with Crippen LogP contribution in [0, 0.1) is 11.8 Å². The summed E-state index contributed by atoms with van der Waals surface area (Å²) in [6.45, 7) is 6.07. The Bertz CT molecular complexity index is 176. The van der Waals surface area contributed by atoms with E-state index in [0.717, 1.165) is 11.8 Å². The van der Waals surface area contributed by atoms with Crippen molar-refractivity contribution < 1.29 is 0 Å². The third kappa shape index (κ3) is 2.50. The predicted octanol–water partition coefficient (Wildman–Crippen LogP) is 3.34. The lowest BCUT2D eigenvalue weighted by Gasteiger charge is -2.41. The molecule has 2 rings (SSSR count). The number of rotatable bonds is 3. The molecule has 0 amide bonds. The highest BCUT2D eigenvalue weighted by Gasteiger charge is 2.31. The first kappa shape index (κ1) is 10.5. The van der Waals surface area contributed by atoms with E-state index in [1.165, 1.54) is 51.5 Å². The quantitative estimate of drug-likeness (QED) is 0.728. The second kappa shape index (κ2) is 4.22. The van der Waals surface area contributed by atoms with Gasteiger partial charge < -0.3 is 5.32 Å². The van der Waals surface area contributed by atoms with Crippen LogP contribution >= 0.6 is 0 Å². The van der Waals surface area contributed by atoms with Crippen molar-refractivity contribution in [2.75, 3.05) is 6.54 Å². The minimum absolute atomic E-state index is 0.517. The minimum Gasteiger partial charge on any atom is -0.311 e. The van der Waals surface area contributed by atoms with Crippen LogP contribution < -0.4 is 5.32 Å². The van der Waals surface area contributed by atoms with Crippen LogP contribution in [0.2, 0.25) is 0 Å². The Labute approximate surface area is 88.7 Å². The molecule has 0 atom stereocenters. The lowest BCUT2D eigenvalue weighted by atomic mass is 9.77. The second-order valence-corrected chi connectivity index (χ2v) is 5.92. The third-order valence-electron chi connectivity index (χ3n) is 4.41. The van der Waals surface area contributed by atoms with Crippen molar-refractivity contribution in [3.63, 3.8) is 0 Å². The maximum Gasteiger partial charge on any atom is 0.0153 e. The molecule has 0 radical (unpaired) electrons. The molecule has 14 heavy (non-hydrogen) atoms. The average Bonchev–Trinajstić information content (AvgIpc) is 2.14. The van der Waals surface area contributed by atoms with Crippen LogP contribution in [0.25, 0.3) is 0 Å². The zero-order valence-corrected chi connectivity index (χ0v) is 9.81. The van der Waals surface area contributed by atoms with Crippen molar-refractivity contribution >= 4 is 0 Å². The van der Waals surface area contributed by atoms with Gasteiger partial charge in [0.1, 0.15) is 0 Å². The van der Waals surface area contributed by atoms with E-state index >= 15 is 0 Å². The molecule has 0 aromatic carbocycles. The molecule has 1 heteroatoms. The Morgan fingerprint density at radius 2 is 1.79 bits per heavy atom. The normalized spacial score (nSPS) is 36.4. The van der Waals surface area contributed by atoms with Crippen LogP contribution in [0.4, 0.5) is 0 Å². The molecule has 0 aromatic heterocycles. The first-order valence-corrected chi connectivity index (χ1v) is 6.43. The molecular formula is C13H25N. The van der Waals surface area contributed by atoms with Gasteiger partial charge in [0.25, 0.3) is 0 Å². The summed E-state index contributed by atoms with van der Waals surface area (Å²) in [5.41, 5.74) is 0.517. The molecular weight excluding hydrogens is 170 g/mol. The molecule has 2 aliphatic rings. The molecule has 82 valence electrons. The fourth-order valence-corrected chi connectivity index (χ4v) is 2.81. The van der Waals surface area contributed by atoms with Crippen molar-refractivity contribution in [2.24, 2.45) is 11.8 Å². The topological polar surface area (TPSA) is 12.0 Å². The van der Waals surface area contributed by atoms with Crippen LogP contribution in [0.1, 0.15) is 58.8 Å². The summed E-state index contributed by atoms with van der Waals surface area (Å²) in [6, 6.07) is 0. The molecule has 0 unspecified atom stereocenters. The molecule has 2 aliphatic carbocycles. The highest BCUT2D eigenvalue weighted by atomic mass is 15.0. The predicted molar refractivity (Wildman–Crippen MR) is 61.4 cm³/mol. The summed E-state index contributed by atoms with van der Waals surface area (Å²) in [5.74, 6) is 1.97. The van der Waals surface area contributed by atoms with Gasteiger partial charge in [0.15, 0.2) is 0 Å². The summed E-state index contributed by atoms with van der Waals surface area (Å²) in [6.07, 6.45) is 10.1. The van der Waals surface area contributed by atoms with E-state index in [4.69, 9.17) is 0 Å². The fraction of sp³-hybridized carbons (Fsp3) is 1.00. The largest absolute Gasteiger partial charge is 0.311 e. The van der Waals surface area contributed by atoms with E-state index in [1.807, 2.05) is 0 Å². The van der Waals surface area contributed by atoms with Crippen molar-refractivity contribution in [3.05, 3.63) is 0 Å². The van der Waals surface area contributed by atoms with Crippen LogP contribution in [0.3, 0.4) is 0 Å². The van der Waals surface area contributed by atoms with Gasteiger partial charge in [-0.2, -0.15) is 0 Å². The zero-order valence-electron chi connectivity index (χ0n) is 9.81. The van der Waals surface area contributed by atoms with E-state index in [-0.39, 0.29) is 0 Å². The van der Waals surface area contributed by atoms with Crippen LogP contribution in [0.15, 0.2) is 0 Å². The summed E-state index contributed by atoms with van der Waals surface area (Å²) in [4.78, 5) is 0. The molecule has 2 fully saturated rings. The molecule has 0 aliphatic heterocycles. The van der Waals surface area contributed by atoms with Crippen LogP contribution in [0.5, 0.6) is 0 Å². The van der Waals surface area contributed by atoms with E-state index in [2.05, 4.69) is 19.2 Å². The number of hydrogen-bond donors (Lipinski definition) is 1. The Morgan fingerprint density at radius 3 is 2.29 bits per heavy atom. The highest BCUT2D eigenvalue weighted by molar-refractivity contribution is 4.92. The van der Waals surface area contributed by atoms with Gasteiger partial charge in [-0.15, -0.1) is 0 Å². The number of hydrogen-bond acceptors (Lipinski definition) is 1. The molecule has 1 N–H and O–H groups in total.